The Balaban J connectivity index is 2.16. The van der Waals surface area contributed by atoms with Crippen LogP contribution in [0.4, 0.5) is 5.69 Å². The SMILES string of the molecule is COc1c(Cl)cc(Cl)cc1C(=O)NC(=S)Nc1ccccc1S. The van der Waals surface area contributed by atoms with Crippen LogP contribution in [-0.4, -0.2) is 18.1 Å². The minimum Gasteiger partial charge on any atom is -0.494 e. The average molecular weight is 387 g/mol. The molecule has 0 aliphatic rings. The van der Waals surface area contributed by atoms with Gasteiger partial charge in [0.25, 0.3) is 5.91 Å². The largest absolute Gasteiger partial charge is 0.494 e. The minimum atomic E-state index is -0.486. The number of methoxy groups -OCH3 is 1. The molecule has 0 aromatic heterocycles. The Kier molecular flexibility index (Phi) is 6.12. The maximum Gasteiger partial charge on any atom is 0.261 e. The van der Waals surface area contributed by atoms with Gasteiger partial charge in [-0.25, -0.2) is 0 Å². The van der Waals surface area contributed by atoms with Crippen LogP contribution in [0.1, 0.15) is 10.4 Å². The fourth-order valence-corrected chi connectivity index (χ4v) is 2.83. The molecule has 0 saturated carbocycles. The highest BCUT2D eigenvalue weighted by Crippen LogP contribution is 2.32. The van der Waals surface area contributed by atoms with E-state index in [0.29, 0.717) is 15.6 Å². The van der Waals surface area contributed by atoms with Crippen LogP contribution in [0.5, 0.6) is 5.75 Å². The molecule has 2 rings (SSSR count). The molecule has 0 spiro atoms. The van der Waals surface area contributed by atoms with Crippen molar-refractivity contribution in [3.8, 4) is 5.75 Å². The summed E-state index contributed by atoms with van der Waals surface area (Å²) in [5.74, 6) is -0.258. The van der Waals surface area contributed by atoms with E-state index in [1.54, 1.807) is 12.1 Å². The van der Waals surface area contributed by atoms with Crippen molar-refractivity contribution in [3.63, 3.8) is 0 Å². The second-order valence-electron chi connectivity index (χ2n) is 4.39. The lowest BCUT2D eigenvalue weighted by Gasteiger charge is -2.13. The highest BCUT2D eigenvalue weighted by molar-refractivity contribution is 7.81. The van der Waals surface area contributed by atoms with Gasteiger partial charge in [0.1, 0.15) is 5.75 Å². The maximum absolute atomic E-state index is 12.4. The standard InChI is InChI=1S/C15H12Cl2N2O2S2/c1-21-13-9(6-8(16)7-10(13)17)14(20)19-15(23)18-11-4-2-3-5-12(11)22/h2-7,22H,1H3,(H2,18,19,20,23). The van der Waals surface area contributed by atoms with Crippen LogP contribution < -0.4 is 15.4 Å². The Morgan fingerprint density at radius 2 is 1.96 bits per heavy atom. The van der Waals surface area contributed by atoms with Crippen LogP contribution >= 0.6 is 48.0 Å². The summed E-state index contributed by atoms with van der Waals surface area (Å²) in [5.41, 5.74) is 0.866. The number of carbonyl (C=O) groups excluding carboxylic acids is 1. The molecular weight excluding hydrogens is 375 g/mol. The van der Waals surface area contributed by atoms with E-state index in [-0.39, 0.29) is 21.4 Å². The molecule has 23 heavy (non-hydrogen) atoms. The summed E-state index contributed by atoms with van der Waals surface area (Å²) in [6, 6.07) is 10.2. The smallest absolute Gasteiger partial charge is 0.261 e. The number of thiol groups is 1. The van der Waals surface area contributed by atoms with Crippen LogP contribution in [0, 0.1) is 0 Å². The average Bonchev–Trinajstić information content (AvgIpc) is 2.48. The number of anilines is 1. The summed E-state index contributed by atoms with van der Waals surface area (Å²) in [6.45, 7) is 0. The van der Waals surface area contributed by atoms with E-state index < -0.39 is 5.91 Å². The van der Waals surface area contributed by atoms with E-state index in [2.05, 4.69) is 23.3 Å². The number of nitrogens with one attached hydrogen (secondary N) is 2. The third-order valence-corrected chi connectivity index (χ3v) is 3.93. The number of halogens is 2. The van der Waals surface area contributed by atoms with Gasteiger partial charge in [-0.05, 0) is 36.5 Å². The second-order valence-corrected chi connectivity index (χ2v) is 6.13. The molecule has 2 aromatic rings. The van der Waals surface area contributed by atoms with Gasteiger partial charge in [0.2, 0.25) is 0 Å². The molecule has 2 aromatic carbocycles. The van der Waals surface area contributed by atoms with Gasteiger partial charge < -0.3 is 10.1 Å². The fraction of sp³-hybridized carbons (Fsp3) is 0.0667. The van der Waals surface area contributed by atoms with E-state index in [9.17, 15) is 4.79 Å². The van der Waals surface area contributed by atoms with Crippen molar-refractivity contribution in [2.45, 2.75) is 4.90 Å². The number of ether oxygens (including phenoxy) is 1. The van der Waals surface area contributed by atoms with Crippen LogP contribution in [0.15, 0.2) is 41.3 Å². The third kappa shape index (κ3) is 4.51. The van der Waals surface area contributed by atoms with Gasteiger partial charge in [0.15, 0.2) is 5.11 Å². The molecule has 0 bridgehead atoms. The van der Waals surface area contributed by atoms with Crippen molar-refractivity contribution in [2.75, 3.05) is 12.4 Å². The first-order valence-corrected chi connectivity index (χ1v) is 7.97. The van der Waals surface area contributed by atoms with E-state index in [1.165, 1.54) is 19.2 Å². The molecule has 120 valence electrons. The van der Waals surface area contributed by atoms with Crippen molar-refractivity contribution in [1.29, 1.82) is 0 Å². The first kappa shape index (κ1) is 17.9. The van der Waals surface area contributed by atoms with E-state index in [1.807, 2.05) is 12.1 Å². The lowest BCUT2D eigenvalue weighted by Crippen LogP contribution is -2.34. The monoisotopic (exact) mass is 386 g/mol. The van der Waals surface area contributed by atoms with Gasteiger partial charge in [-0.1, -0.05) is 35.3 Å². The molecule has 0 atom stereocenters. The molecule has 1 amide bonds. The Bertz CT molecular complexity index is 769. The molecule has 0 aliphatic carbocycles. The number of thiocarbonyl (C=S) groups is 1. The Labute approximate surface area is 154 Å². The molecule has 4 nitrogen and oxygen atoms in total. The summed E-state index contributed by atoms with van der Waals surface area (Å²) >= 11 is 21.4. The summed E-state index contributed by atoms with van der Waals surface area (Å²) in [5, 5.41) is 6.13. The molecule has 0 radical (unpaired) electrons. The van der Waals surface area contributed by atoms with Crippen molar-refractivity contribution < 1.29 is 9.53 Å². The maximum atomic E-state index is 12.4. The summed E-state index contributed by atoms with van der Waals surface area (Å²) in [4.78, 5) is 13.1. The minimum absolute atomic E-state index is 0.120. The lowest BCUT2D eigenvalue weighted by atomic mass is 10.2. The van der Waals surface area contributed by atoms with E-state index in [4.69, 9.17) is 40.2 Å². The number of benzene rings is 2. The number of rotatable bonds is 3. The van der Waals surface area contributed by atoms with Crippen LogP contribution in [0.2, 0.25) is 10.0 Å². The van der Waals surface area contributed by atoms with Crippen molar-refractivity contribution in [1.82, 2.24) is 5.32 Å². The zero-order valence-corrected chi connectivity index (χ0v) is 15.1. The first-order valence-electron chi connectivity index (χ1n) is 6.35. The quantitative estimate of drug-likeness (QED) is 0.539. The molecule has 0 unspecified atom stereocenters. The molecular formula is C15H12Cl2N2O2S2. The van der Waals surface area contributed by atoms with Gasteiger partial charge in [0.05, 0.1) is 23.4 Å². The second kappa shape index (κ2) is 7.88. The van der Waals surface area contributed by atoms with Gasteiger partial charge in [-0.15, -0.1) is 12.6 Å². The van der Waals surface area contributed by atoms with Gasteiger partial charge in [0, 0.05) is 9.92 Å². The van der Waals surface area contributed by atoms with Gasteiger partial charge >= 0.3 is 0 Å². The molecule has 0 heterocycles. The molecule has 0 fully saturated rings. The Morgan fingerprint density at radius 3 is 2.61 bits per heavy atom. The normalized spacial score (nSPS) is 10.1. The van der Waals surface area contributed by atoms with E-state index >= 15 is 0 Å². The third-order valence-electron chi connectivity index (χ3n) is 2.84. The number of carbonyl (C=O) groups is 1. The highest BCUT2D eigenvalue weighted by Gasteiger charge is 2.18. The fourth-order valence-electron chi connectivity index (χ4n) is 1.84. The van der Waals surface area contributed by atoms with Crippen molar-refractivity contribution in [2.24, 2.45) is 0 Å². The molecule has 0 aliphatic heterocycles. The molecule has 0 saturated heterocycles. The summed E-state index contributed by atoms with van der Waals surface area (Å²) < 4.78 is 5.14. The van der Waals surface area contributed by atoms with Crippen molar-refractivity contribution >= 4 is 64.8 Å². The van der Waals surface area contributed by atoms with Crippen LogP contribution in [-0.2, 0) is 0 Å². The number of hydrogen-bond acceptors (Lipinski definition) is 4. The predicted molar refractivity (Wildman–Crippen MR) is 100 cm³/mol. The summed E-state index contributed by atoms with van der Waals surface area (Å²) in [6.07, 6.45) is 0. The number of hydrogen-bond donors (Lipinski definition) is 3. The Morgan fingerprint density at radius 1 is 1.26 bits per heavy atom. The van der Waals surface area contributed by atoms with Crippen LogP contribution in [0.3, 0.4) is 0 Å². The topological polar surface area (TPSA) is 50.4 Å². The predicted octanol–water partition coefficient (Wildman–Crippen LogP) is 4.42. The molecule has 8 heteroatoms. The van der Waals surface area contributed by atoms with Gasteiger partial charge in [-0.3, -0.25) is 10.1 Å². The lowest BCUT2D eigenvalue weighted by molar-refractivity contribution is 0.0975. The number of amides is 1. The van der Waals surface area contributed by atoms with Crippen LogP contribution in [0.25, 0.3) is 0 Å². The summed E-state index contributed by atoms with van der Waals surface area (Å²) in [7, 11) is 1.42. The van der Waals surface area contributed by atoms with Gasteiger partial charge in [-0.2, -0.15) is 0 Å². The Hall–Kier alpha value is -1.47. The highest BCUT2D eigenvalue weighted by atomic mass is 35.5. The first-order chi connectivity index (χ1) is 10.9. The molecule has 2 N–H and O–H groups in total. The number of para-hydroxylation sites is 1. The van der Waals surface area contributed by atoms with E-state index in [0.717, 1.165) is 0 Å². The zero-order valence-electron chi connectivity index (χ0n) is 11.9. The van der Waals surface area contributed by atoms with Crippen molar-refractivity contribution in [3.05, 3.63) is 52.0 Å². The zero-order chi connectivity index (χ0) is 17.0.